The van der Waals surface area contributed by atoms with Gasteiger partial charge in [0.15, 0.2) is 0 Å². The quantitative estimate of drug-likeness (QED) is 0.516. The van der Waals surface area contributed by atoms with Crippen LogP contribution in [0, 0.1) is 5.92 Å². The highest BCUT2D eigenvalue weighted by atomic mass is 16.5. The molecule has 0 radical (unpaired) electrons. The van der Waals surface area contributed by atoms with Crippen LogP contribution in [-0.2, 0) is 9.53 Å². The SMILES string of the molecule is C=C(CNC(C)CC1CC1)C(=O)OCC. The molecule has 1 fully saturated rings. The van der Waals surface area contributed by atoms with Gasteiger partial charge >= 0.3 is 5.97 Å². The van der Waals surface area contributed by atoms with Crippen LogP contribution in [0.25, 0.3) is 0 Å². The molecule has 1 atom stereocenters. The van der Waals surface area contributed by atoms with Crippen molar-refractivity contribution in [1.29, 1.82) is 0 Å². The summed E-state index contributed by atoms with van der Waals surface area (Å²) in [6, 6.07) is 0.462. The maximum absolute atomic E-state index is 11.2. The number of nitrogens with one attached hydrogen (secondary N) is 1. The first-order chi connectivity index (χ1) is 7.13. The normalized spacial score (nSPS) is 17.2. The summed E-state index contributed by atoms with van der Waals surface area (Å²) < 4.78 is 4.85. The lowest BCUT2D eigenvalue weighted by atomic mass is 10.1. The molecule has 0 heterocycles. The second-order valence-corrected chi connectivity index (χ2v) is 4.29. The highest BCUT2D eigenvalue weighted by Gasteiger charge is 2.23. The lowest BCUT2D eigenvalue weighted by Gasteiger charge is -2.13. The zero-order valence-electron chi connectivity index (χ0n) is 9.71. The average Bonchev–Trinajstić information content (AvgIpc) is 2.98. The Morgan fingerprint density at radius 2 is 2.27 bits per heavy atom. The van der Waals surface area contributed by atoms with Gasteiger partial charge in [-0.05, 0) is 26.2 Å². The molecule has 0 amide bonds. The predicted octanol–water partition coefficient (Wildman–Crippen LogP) is 1.88. The fourth-order valence-electron chi connectivity index (χ4n) is 1.54. The summed E-state index contributed by atoms with van der Waals surface area (Å²) in [5.41, 5.74) is 0.513. The van der Waals surface area contributed by atoms with Crippen LogP contribution in [0.4, 0.5) is 0 Å². The van der Waals surface area contributed by atoms with Gasteiger partial charge in [-0.25, -0.2) is 4.79 Å². The fraction of sp³-hybridized carbons (Fsp3) is 0.750. The third kappa shape index (κ3) is 4.98. The second-order valence-electron chi connectivity index (χ2n) is 4.29. The van der Waals surface area contributed by atoms with Gasteiger partial charge in [-0.3, -0.25) is 0 Å². The lowest BCUT2D eigenvalue weighted by Crippen LogP contribution is -2.30. The highest BCUT2D eigenvalue weighted by Crippen LogP contribution is 2.33. The summed E-state index contributed by atoms with van der Waals surface area (Å²) in [5, 5.41) is 3.29. The summed E-state index contributed by atoms with van der Waals surface area (Å²) in [6.07, 6.45) is 3.94. The van der Waals surface area contributed by atoms with Gasteiger partial charge in [0.05, 0.1) is 6.61 Å². The van der Waals surface area contributed by atoms with Crippen LogP contribution in [0.2, 0.25) is 0 Å². The largest absolute Gasteiger partial charge is 0.463 e. The van der Waals surface area contributed by atoms with E-state index >= 15 is 0 Å². The summed E-state index contributed by atoms with van der Waals surface area (Å²) in [7, 11) is 0. The lowest BCUT2D eigenvalue weighted by molar-refractivity contribution is -0.138. The number of hydrogen-bond donors (Lipinski definition) is 1. The Balaban J connectivity index is 2.11. The number of rotatable bonds is 7. The van der Waals surface area contributed by atoms with Gasteiger partial charge in [-0.1, -0.05) is 19.4 Å². The van der Waals surface area contributed by atoms with E-state index in [2.05, 4.69) is 18.8 Å². The van der Waals surface area contributed by atoms with Crippen molar-refractivity contribution in [2.24, 2.45) is 5.92 Å². The molecular formula is C12H21NO2. The third-order valence-electron chi connectivity index (χ3n) is 2.61. The molecule has 3 heteroatoms. The zero-order valence-corrected chi connectivity index (χ0v) is 9.71. The topological polar surface area (TPSA) is 38.3 Å². The van der Waals surface area contributed by atoms with Gasteiger partial charge in [0.2, 0.25) is 0 Å². The van der Waals surface area contributed by atoms with E-state index in [9.17, 15) is 4.79 Å². The monoisotopic (exact) mass is 211 g/mol. The molecule has 0 aromatic heterocycles. The van der Waals surface area contributed by atoms with Crippen LogP contribution in [0.1, 0.15) is 33.1 Å². The highest BCUT2D eigenvalue weighted by molar-refractivity contribution is 5.88. The predicted molar refractivity (Wildman–Crippen MR) is 60.6 cm³/mol. The molecule has 1 unspecified atom stereocenters. The van der Waals surface area contributed by atoms with Crippen LogP contribution >= 0.6 is 0 Å². The standard InChI is InChI=1S/C12H21NO2/c1-4-15-12(14)9(2)8-13-10(3)7-11-5-6-11/h10-11,13H,2,4-8H2,1,3H3. The molecule has 0 aromatic carbocycles. The molecule has 1 saturated carbocycles. The number of hydrogen-bond acceptors (Lipinski definition) is 3. The Hall–Kier alpha value is -0.830. The molecule has 1 aliphatic carbocycles. The number of esters is 1. The van der Waals surface area contributed by atoms with Crippen LogP contribution in [0.3, 0.4) is 0 Å². The summed E-state index contributed by atoms with van der Waals surface area (Å²) in [4.78, 5) is 11.2. The maximum atomic E-state index is 11.2. The van der Waals surface area contributed by atoms with Crippen molar-refractivity contribution in [3.8, 4) is 0 Å². The van der Waals surface area contributed by atoms with Gasteiger partial charge in [0.1, 0.15) is 0 Å². The Morgan fingerprint density at radius 3 is 2.80 bits per heavy atom. The van der Waals surface area contributed by atoms with E-state index in [0.717, 1.165) is 5.92 Å². The molecule has 1 rings (SSSR count). The molecule has 0 aliphatic heterocycles. The molecule has 1 N–H and O–H groups in total. The average molecular weight is 211 g/mol. The third-order valence-corrected chi connectivity index (χ3v) is 2.61. The van der Waals surface area contributed by atoms with Crippen LogP contribution in [0.15, 0.2) is 12.2 Å². The molecule has 15 heavy (non-hydrogen) atoms. The number of carbonyl (C=O) groups is 1. The second kappa shape index (κ2) is 5.91. The van der Waals surface area contributed by atoms with Crippen LogP contribution in [0.5, 0.6) is 0 Å². The van der Waals surface area contributed by atoms with Crippen molar-refractivity contribution in [1.82, 2.24) is 5.32 Å². The molecule has 0 saturated heterocycles. The van der Waals surface area contributed by atoms with E-state index in [1.54, 1.807) is 6.92 Å². The van der Waals surface area contributed by atoms with Crippen molar-refractivity contribution in [2.45, 2.75) is 39.2 Å². The summed E-state index contributed by atoms with van der Waals surface area (Å²) in [6.45, 7) is 8.60. The van der Waals surface area contributed by atoms with Crippen molar-refractivity contribution >= 4 is 5.97 Å². The fourth-order valence-corrected chi connectivity index (χ4v) is 1.54. The van der Waals surface area contributed by atoms with Crippen LogP contribution < -0.4 is 5.32 Å². The Bertz CT molecular complexity index is 234. The minimum absolute atomic E-state index is 0.288. The first-order valence-corrected chi connectivity index (χ1v) is 5.71. The minimum Gasteiger partial charge on any atom is -0.463 e. The molecular weight excluding hydrogens is 190 g/mol. The van der Waals surface area contributed by atoms with Crippen LogP contribution in [-0.4, -0.2) is 25.2 Å². The van der Waals surface area contributed by atoms with E-state index in [-0.39, 0.29) is 5.97 Å². The van der Waals surface area contributed by atoms with E-state index < -0.39 is 0 Å². The van der Waals surface area contributed by atoms with Gasteiger partial charge < -0.3 is 10.1 Å². The first kappa shape index (κ1) is 12.2. The van der Waals surface area contributed by atoms with Crippen molar-refractivity contribution in [3.63, 3.8) is 0 Å². The van der Waals surface area contributed by atoms with E-state index in [1.807, 2.05) is 0 Å². The van der Waals surface area contributed by atoms with Gasteiger partial charge in [-0.2, -0.15) is 0 Å². The maximum Gasteiger partial charge on any atom is 0.334 e. The van der Waals surface area contributed by atoms with Crippen molar-refractivity contribution in [3.05, 3.63) is 12.2 Å². The summed E-state index contributed by atoms with van der Waals surface area (Å²) >= 11 is 0. The van der Waals surface area contributed by atoms with Crippen molar-refractivity contribution < 1.29 is 9.53 Å². The van der Waals surface area contributed by atoms with Gasteiger partial charge in [0, 0.05) is 18.2 Å². The Kier molecular flexibility index (Phi) is 4.82. The number of ether oxygens (including phenoxy) is 1. The molecule has 0 aromatic rings. The number of carbonyl (C=O) groups excluding carboxylic acids is 1. The van der Waals surface area contributed by atoms with E-state index in [1.165, 1.54) is 19.3 Å². The van der Waals surface area contributed by atoms with Gasteiger partial charge in [0.25, 0.3) is 0 Å². The zero-order chi connectivity index (χ0) is 11.3. The molecule has 86 valence electrons. The molecule has 1 aliphatic rings. The van der Waals surface area contributed by atoms with E-state index in [0.29, 0.717) is 24.8 Å². The molecule has 0 bridgehead atoms. The molecule has 3 nitrogen and oxygen atoms in total. The summed E-state index contributed by atoms with van der Waals surface area (Å²) in [5.74, 6) is 0.618. The smallest absolute Gasteiger partial charge is 0.334 e. The van der Waals surface area contributed by atoms with Crippen molar-refractivity contribution in [2.75, 3.05) is 13.2 Å². The van der Waals surface area contributed by atoms with E-state index in [4.69, 9.17) is 4.74 Å². The Labute approximate surface area is 91.9 Å². The minimum atomic E-state index is -0.288. The molecule has 0 spiro atoms. The Morgan fingerprint density at radius 1 is 1.60 bits per heavy atom. The van der Waals surface area contributed by atoms with Gasteiger partial charge in [-0.15, -0.1) is 0 Å². The first-order valence-electron chi connectivity index (χ1n) is 5.71.